The zero-order valence-electron chi connectivity index (χ0n) is 9.20. The van der Waals surface area contributed by atoms with Gasteiger partial charge in [0.1, 0.15) is 10.4 Å². The van der Waals surface area contributed by atoms with Crippen LogP contribution in [0.2, 0.25) is 5.02 Å². The highest BCUT2D eigenvalue weighted by atomic mass is 35.5. The molecule has 1 aromatic heterocycles. The lowest BCUT2D eigenvalue weighted by Gasteiger charge is -2.07. The number of halogens is 1. The van der Waals surface area contributed by atoms with Gasteiger partial charge in [-0.1, -0.05) is 11.6 Å². The van der Waals surface area contributed by atoms with Crippen molar-refractivity contribution in [1.82, 2.24) is 4.98 Å². The third-order valence-electron chi connectivity index (χ3n) is 3.09. The van der Waals surface area contributed by atoms with Crippen LogP contribution in [0.4, 0.5) is 0 Å². The standard InChI is InChI=1S/C12H10ClNO2S/c1-16-11(15)12(4-5-12)10-14-8-6-7(13)2-3-9(8)17-10/h2-3,6H,4-5H2,1H3. The van der Waals surface area contributed by atoms with E-state index in [0.717, 1.165) is 28.1 Å². The smallest absolute Gasteiger partial charge is 0.318 e. The zero-order valence-corrected chi connectivity index (χ0v) is 10.8. The Hall–Kier alpha value is -1.13. The molecule has 17 heavy (non-hydrogen) atoms. The van der Waals surface area contributed by atoms with Crippen LogP contribution < -0.4 is 0 Å². The van der Waals surface area contributed by atoms with Crippen LogP contribution in [0.3, 0.4) is 0 Å². The van der Waals surface area contributed by atoms with Crippen molar-refractivity contribution in [3.05, 3.63) is 28.2 Å². The van der Waals surface area contributed by atoms with Gasteiger partial charge in [0, 0.05) is 5.02 Å². The number of ether oxygens (including phenoxy) is 1. The monoisotopic (exact) mass is 267 g/mol. The van der Waals surface area contributed by atoms with E-state index in [2.05, 4.69) is 4.98 Å². The summed E-state index contributed by atoms with van der Waals surface area (Å²) in [5, 5.41) is 1.51. The van der Waals surface area contributed by atoms with E-state index in [4.69, 9.17) is 16.3 Å². The molecule has 1 aliphatic rings. The second-order valence-electron chi connectivity index (χ2n) is 4.20. The van der Waals surface area contributed by atoms with Crippen molar-refractivity contribution in [3.63, 3.8) is 0 Å². The van der Waals surface area contributed by atoms with Crippen molar-refractivity contribution in [3.8, 4) is 0 Å². The van der Waals surface area contributed by atoms with Gasteiger partial charge in [0.2, 0.25) is 0 Å². The topological polar surface area (TPSA) is 39.2 Å². The normalized spacial score (nSPS) is 17.1. The van der Waals surface area contributed by atoms with Gasteiger partial charge in [-0.15, -0.1) is 11.3 Å². The van der Waals surface area contributed by atoms with Crippen molar-refractivity contribution >= 4 is 39.1 Å². The molecular weight excluding hydrogens is 258 g/mol. The van der Waals surface area contributed by atoms with Crippen LogP contribution in [-0.4, -0.2) is 18.1 Å². The Balaban J connectivity index is 2.10. The van der Waals surface area contributed by atoms with E-state index in [-0.39, 0.29) is 5.97 Å². The number of carbonyl (C=O) groups is 1. The highest BCUT2D eigenvalue weighted by molar-refractivity contribution is 7.18. The first kappa shape index (κ1) is 11.0. The van der Waals surface area contributed by atoms with Gasteiger partial charge in [0.25, 0.3) is 0 Å². The van der Waals surface area contributed by atoms with Crippen LogP contribution >= 0.6 is 22.9 Å². The maximum absolute atomic E-state index is 11.8. The second-order valence-corrected chi connectivity index (χ2v) is 5.67. The lowest BCUT2D eigenvalue weighted by molar-refractivity contribution is -0.143. The number of rotatable bonds is 2. The molecule has 0 aliphatic heterocycles. The van der Waals surface area contributed by atoms with E-state index in [0.29, 0.717) is 5.02 Å². The number of esters is 1. The Kier molecular flexibility index (Phi) is 2.38. The summed E-state index contributed by atoms with van der Waals surface area (Å²) in [6, 6.07) is 5.60. The SMILES string of the molecule is COC(=O)C1(c2nc3cc(Cl)ccc3s2)CC1. The molecule has 1 fully saturated rings. The zero-order chi connectivity index (χ0) is 12.0. The first-order valence-electron chi connectivity index (χ1n) is 5.31. The molecule has 1 heterocycles. The molecule has 0 saturated heterocycles. The molecule has 1 aromatic carbocycles. The Bertz CT molecular complexity index is 604. The molecule has 88 valence electrons. The summed E-state index contributed by atoms with van der Waals surface area (Å²) in [4.78, 5) is 16.3. The molecule has 2 aromatic rings. The molecule has 1 saturated carbocycles. The molecule has 0 N–H and O–H groups in total. The van der Waals surface area contributed by atoms with Crippen LogP contribution in [0.1, 0.15) is 17.8 Å². The first-order chi connectivity index (χ1) is 8.15. The quantitative estimate of drug-likeness (QED) is 0.785. The molecule has 0 amide bonds. The largest absolute Gasteiger partial charge is 0.468 e. The number of benzene rings is 1. The summed E-state index contributed by atoms with van der Waals surface area (Å²) in [6.07, 6.45) is 1.65. The summed E-state index contributed by atoms with van der Waals surface area (Å²) >= 11 is 7.47. The Morgan fingerprint density at radius 1 is 1.53 bits per heavy atom. The highest BCUT2D eigenvalue weighted by Gasteiger charge is 2.55. The van der Waals surface area contributed by atoms with Crippen molar-refractivity contribution in [1.29, 1.82) is 0 Å². The van der Waals surface area contributed by atoms with Crippen LogP contribution in [0.15, 0.2) is 18.2 Å². The number of hydrogen-bond acceptors (Lipinski definition) is 4. The number of aromatic nitrogens is 1. The minimum absolute atomic E-state index is 0.178. The number of nitrogens with zero attached hydrogens (tertiary/aromatic N) is 1. The number of carbonyl (C=O) groups excluding carboxylic acids is 1. The third-order valence-corrected chi connectivity index (χ3v) is 4.56. The molecule has 3 nitrogen and oxygen atoms in total. The summed E-state index contributed by atoms with van der Waals surface area (Å²) in [5.41, 5.74) is 0.373. The summed E-state index contributed by atoms with van der Waals surface area (Å²) < 4.78 is 5.91. The van der Waals surface area contributed by atoms with Crippen molar-refractivity contribution in [2.24, 2.45) is 0 Å². The van der Waals surface area contributed by atoms with Crippen LogP contribution in [0.5, 0.6) is 0 Å². The highest BCUT2D eigenvalue weighted by Crippen LogP contribution is 2.51. The number of hydrogen-bond donors (Lipinski definition) is 0. The molecule has 0 bridgehead atoms. The second kappa shape index (κ2) is 3.68. The fourth-order valence-electron chi connectivity index (χ4n) is 1.93. The van der Waals surface area contributed by atoms with Gasteiger partial charge in [-0.05, 0) is 31.0 Å². The predicted octanol–water partition coefficient (Wildman–Crippen LogP) is 3.15. The minimum atomic E-state index is -0.481. The first-order valence-corrected chi connectivity index (χ1v) is 6.50. The molecule has 0 atom stereocenters. The van der Waals surface area contributed by atoms with Gasteiger partial charge in [-0.2, -0.15) is 0 Å². The molecule has 0 unspecified atom stereocenters. The molecule has 3 rings (SSSR count). The van der Waals surface area contributed by atoms with Crippen LogP contribution in [0.25, 0.3) is 10.2 Å². The van der Waals surface area contributed by atoms with Crippen molar-refractivity contribution < 1.29 is 9.53 Å². The van der Waals surface area contributed by atoms with Gasteiger partial charge in [0.05, 0.1) is 17.3 Å². The van der Waals surface area contributed by atoms with Gasteiger partial charge < -0.3 is 4.74 Å². The van der Waals surface area contributed by atoms with Gasteiger partial charge in [-0.25, -0.2) is 4.98 Å². The fourth-order valence-corrected chi connectivity index (χ4v) is 3.28. The lowest BCUT2D eigenvalue weighted by atomic mass is 10.1. The third kappa shape index (κ3) is 1.63. The van der Waals surface area contributed by atoms with Crippen LogP contribution in [0, 0.1) is 0 Å². The van der Waals surface area contributed by atoms with E-state index >= 15 is 0 Å². The van der Waals surface area contributed by atoms with E-state index < -0.39 is 5.41 Å². The molecule has 1 aliphatic carbocycles. The molecule has 0 radical (unpaired) electrons. The predicted molar refractivity (Wildman–Crippen MR) is 67.6 cm³/mol. The van der Waals surface area contributed by atoms with Crippen molar-refractivity contribution in [2.75, 3.05) is 7.11 Å². The van der Waals surface area contributed by atoms with E-state index in [1.807, 2.05) is 18.2 Å². The fraction of sp³-hybridized carbons (Fsp3) is 0.333. The van der Waals surface area contributed by atoms with E-state index in [9.17, 15) is 4.79 Å². The Labute approximate surface area is 107 Å². The lowest BCUT2D eigenvalue weighted by Crippen LogP contribution is -2.21. The average molecular weight is 268 g/mol. The summed E-state index contributed by atoms with van der Waals surface area (Å²) in [7, 11) is 1.42. The van der Waals surface area contributed by atoms with Gasteiger partial charge >= 0.3 is 5.97 Å². The number of fused-ring (bicyclic) bond motifs is 1. The molecular formula is C12H10ClNO2S. The maximum Gasteiger partial charge on any atom is 0.318 e. The van der Waals surface area contributed by atoms with Gasteiger partial charge in [-0.3, -0.25) is 4.79 Å². The minimum Gasteiger partial charge on any atom is -0.468 e. The maximum atomic E-state index is 11.8. The molecule has 0 spiro atoms. The van der Waals surface area contributed by atoms with Crippen molar-refractivity contribution in [2.45, 2.75) is 18.3 Å². The number of thiazole rings is 1. The molecule has 5 heteroatoms. The summed E-state index contributed by atoms with van der Waals surface area (Å²) in [6.45, 7) is 0. The van der Waals surface area contributed by atoms with E-state index in [1.54, 1.807) is 11.3 Å². The Morgan fingerprint density at radius 3 is 2.94 bits per heavy atom. The summed E-state index contributed by atoms with van der Waals surface area (Å²) in [5.74, 6) is -0.178. The Morgan fingerprint density at radius 2 is 2.29 bits per heavy atom. The van der Waals surface area contributed by atoms with Crippen LogP contribution in [-0.2, 0) is 14.9 Å². The average Bonchev–Trinajstić information content (AvgIpc) is 3.03. The van der Waals surface area contributed by atoms with Gasteiger partial charge in [0.15, 0.2) is 0 Å². The number of methoxy groups -OCH3 is 1. The van der Waals surface area contributed by atoms with E-state index in [1.165, 1.54) is 7.11 Å².